The van der Waals surface area contributed by atoms with E-state index in [9.17, 15) is 0 Å². The zero-order chi connectivity index (χ0) is 15.4. The fraction of sp³-hybridized carbons (Fsp3) is 0.0588. The number of nitrogens with zero attached hydrogens (tertiary/aromatic N) is 4. The molecule has 0 saturated carbocycles. The quantitative estimate of drug-likeness (QED) is 0.593. The van der Waals surface area contributed by atoms with Crippen molar-refractivity contribution in [1.29, 1.82) is 0 Å². The average Bonchev–Trinajstić information content (AvgIpc) is 2.56. The van der Waals surface area contributed by atoms with E-state index in [0.717, 1.165) is 22.4 Å². The third kappa shape index (κ3) is 2.83. The van der Waals surface area contributed by atoms with Crippen LogP contribution in [-0.4, -0.2) is 21.3 Å². The van der Waals surface area contributed by atoms with Crippen molar-refractivity contribution < 1.29 is 0 Å². The van der Waals surface area contributed by atoms with Crippen LogP contribution in [0.2, 0.25) is 0 Å². The van der Waals surface area contributed by atoms with Gasteiger partial charge >= 0.3 is 0 Å². The van der Waals surface area contributed by atoms with Crippen molar-refractivity contribution in [2.45, 2.75) is 6.92 Å². The SMILES string of the molecule is Cc1cccc(-c2ncccc2-c2cnc(N=CN)nc2)c1. The van der Waals surface area contributed by atoms with Crippen molar-refractivity contribution in [3.05, 3.63) is 60.6 Å². The highest BCUT2D eigenvalue weighted by Crippen LogP contribution is 2.30. The van der Waals surface area contributed by atoms with Crippen LogP contribution in [0.25, 0.3) is 22.4 Å². The second-order valence-electron chi connectivity index (χ2n) is 4.82. The summed E-state index contributed by atoms with van der Waals surface area (Å²) in [6, 6.07) is 12.2. The van der Waals surface area contributed by atoms with E-state index in [0.29, 0.717) is 5.95 Å². The molecule has 5 heteroatoms. The Morgan fingerprint density at radius 1 is 1.00 bits per heavy atom. The Labute approximate surface area is 128 Å². The lowest BCUT2D eigenvalue weighted by molar-refractivity contribution is 1.14. The molecule has 0 atom stereocenters. The number of pyridine rings is 1. The molecule has 2 heterocycles. The monoisotopic (exact) mass is 289 g/mol. The molecule has 2 N–H and O–H groups in total. The summed E-state index contributed by atoms with van der Waals surface area (Å²) in [4.78, 5) is 16.7. The third-order valence-electron chi connectivity index (χ3n) is 3.24. The molecule has 22 heavy (non-hydrogen) atoms. The number of hydrogen-bond donors (Lipinski definition) is 1. The molecule has 3 aromatic rings. The number of hydrogen-bond acceptors (Lipinski definition) is 4. The number of aromatic nitrogens is 3. The van der Waals surface area contributed by atoms with E-state index in [1.807, 2.05) is 24.3 Å². The van der Waals surface area contributed by atoms with Crippen LogP contribution in [0.5, 0.6) is 0 Å². The van der Waals surface area contributed by atoms with E-state index in [4.69, 9.17) is 5.73 Å². The van der Waals surface area contributed by atoms with Crippen LogP contribution in [0.15, 0.2) is 60.0 Å². The molecule has 0 aliphatic heterocycles. The molecule has 0 aliphatic carbocycles. The minimum absolute atomic E-state index is 0.340. The lowest BCUT2D eigenvalue weighted by Gasteiger charge is -2.09. The maximum Gasteiger partial charge on any atom is 0.250 e. The molecule has 2 aromatic heterocycles. The van der Waals surface area contributed by atoms with Gasteiger partial charge in [0, 0.05) is 35.3 Å². The van der Waals surface area contributed by atoms with E-state index < -0.39 is 0 Å². The summed E-state index contributed by atoms with van der Waals surface area (Å²) in [5.41, 5.74) is 10.3. The number of nitrogens with two attached hydrogens (primary N) is 1. The standard InChI is InChI=1S/C17H15N5/c1-12-4-2-5-13(8-12)16-15(6-3-7-19-16)14-9-20-17(21-10-14)22-11-18/h2-11H,1H3,(H2,18,20,21,22). The molecule has 0 saturated heterocycles. The molecule has 0 fully saturated rings. The lowest BCUT2D eigenvalue weighted by atomic mass is 10.0. The van der Waals surface area contributed by atoms with Crippen molar-refractivity contribution >= 4 is 12.3 Å². The number of aryl methyl sites for hydroxylation is 1. The van der Waals surface area contributed by atoms with Gasteiger partial charge in [0.05, 0.1) is 12.0 Å². The van der Waals surface area contributed by atoms with E-state index in [1.54, 1.807) is 18.6 Å². The van der Waals surface area contributed by atoms with E-state index in [1.165, 1.54) is 11.9 Å². The Hall–Kier alpha value is -3.08. The molecule has 5 nitrogen and oxygen atoms in total. The molecule has 3 rings (SSSR count). The van der Waals surface area contributed by atoms with Gasteiger partial charge in [-0.25, -0.2) is 15.0 Å². The van der Waals surface area contributed by atoms with Crippen LogP contribution in [0.3, 0.4) is 0 Å². The van der Waals surface area contributed by atoms with Crippen molar-refractivity contribution in [3.63, 3.8) is 0 Å². The third-order valence-corrected chi connectivity index (χ3v) is 3.24. The zero-order valence-corrected chi connectivity index (χ0v) is 12.1. The highest BCUT2D eigenvalue weighted by molar-refractivity contribution is 5.80. The Balaban J connectivity index is 2.08. The maximum atomic E-state index is 5.24. The number of benzene rings is 1. The van der Waals surface area contributed by atoms with Gasteiger partial charge in [-0.2, -0.15) is 0 Å². The first-order chi connectivity index (χ1) is 10.8. The molecule has 0 amide bonds. The van der Waals surface area contributed by atoms with Crippen LogP contribution in [0, 0.1) is 6.92 Å². The van der Waals surface area contributed by atoms with Crippen LogP contribution in [0.4, 0.5) is 5.95 Å². The molecule has 0 radical (unpaired) electrons. The van der Waals surface area contributed by atoms with Gasteiger partial charge in [-0.15, -0.1) is 0 Å². The Morgan fingerprint density at radius 2 is 1.82 bits per heavy atom. The minimum atomic E-state index is 0.340. The topological polar surface area (TPSA) is 77.0 Å². The van der Waals surface area contributed by atoms with Gasteiger partial charge in [-0.1, -0.05) is 29.8 Å². The summed E-state index contributed by atoms with van der Waals surface area (Å²) in [5, 5.41) is 0. The van der Waals surface area contributed by atoms with E-state index >= 15 is 0 Å². The van der Waals surface area contributed by atoms with Crippen molar-refractivity contribution in [2.75, 3.05) is 0 Å². The summed E-state index contributed by atoms with van der Waals surface area (Å²) in [6.07, 6.45) is 6.42. The first kappa shape index (κ1) is 13.9. The van der Waals surface area contributed by atoms with Gasteiger partial charge in [0.2, 0.25) is 0 Å². The van der Waals surface area contributed by atoms with Gasteiger partial charge in [0.25, 0.3) is 5.95 Å². The van der Waals surface area contributed by atoms with Gasteiger partial charge in [-0.05, 0) is 19.1 Å². The largest absolute Gasteiger partial charge is 0.390 e. The molecule has 108 valence electrons. The lowest BCUT2D eigenvalue weighted by Crippen LogP contribution is -1.92. The molecular weight excluding hydrogens is 274 g/mol. The summed E-state index contributed by atoms with van der Waals surface area (Å²) >= 11 is 0. The van der Waals surface area contributed by atoms with Gasteiger partial charge in [-0.3, -0.25) is 4.98 Å². The van der Waals surface area contributed by atoms with Crippen LogP contribution in [0.1, 0.15) is 5.56 Å². The van der Waals surface area contributed by atoms with Crippen molar-refractivity contribution in [3.8, 4) is 22.4 Å². The Bertz CT molecular complexity index is 809. The normalized spacial score (nSPS) is 11.0. The summed E-state index contributed by atoms with van der Waals surface area (Å²) < 4.78 is 0. The smallest absolute Gasteiger partial charge is 0.250 e. The summed E-state index contributed by atoms with van der Waals surface area (Å²) in [5.74, 6) is 0.340. The number of aliphatic imine (C=N–C) groups is 1. The first-order valence-corrected chi connectivity index (χ1v) is 6.86. The summed E-state index contributed by atoms with van der Waals surface area (Å²) in [6.45, 7) is 2.06. The molecule has 0 bridgehead atoms. The second-order valence-corrected chi connectivity index (χ2v) is 4.82. The predicted octanol–water partition coefficient (Wildman–Crippen LogP) is 3.13. The highest BCUT2D eigenvalue weighted by Gasteiger charge is 2.09. The molecule has 0 spiro atoms. The molecular formula is C17H15N5. The van der Waals surface area contributed by atoms with Gasteiger partial charge in [0.1, 0.15) is 0 Å². The van der Waals surface area contributed by atoms with E-state index in [2.05, 4.69) is 39.0 Å². The molecule has 0 unspecified atom stereocenters. The number of rotatable bonds is 3. The Morgan fingerprint density at radius 3 is 2.55 bits per heavy atom. The van der Waals surface area contributed by atoms with E-state index in [-0.39, 0.29) is 0 Å². The van der Waals surface area contributed by atoms with Crippen molar-refractivity contribution in [1.82, 2.24) is 15.0 Å². The molecule has 0 aliphatic rings. The second kappa shape index (κ2) is 6.13. The maximum absolute atomic E-state index is 5.24. The predicted molar refractivity (Wildman–Crippen MR) is 87.8 cm³/mol. The van der Waals surface area contributed by atoms with Crippen LogP contribution >= 0.6 is 0 Å². The highest BCUT2D eigenvalue weighted by atomic mass is 15.0. The fourth-order valence-corrected chi connectivity index (χ4v) is 2.25. The van der Waals surface area contributed by atoms with Crippen LogP contribution in [-0.2, 0) is 0 Å². The average molecular weight is 289 g/mol. The van der Waals surface area contributed by atoms with Gasteiger partial charge < -0.3 is 5.73 Å². The minimum Gasteiger partial charge on any atom is -0.390 e. The first-order valence-electron chi connectivity index (χ1n) is 6.86. The zero-order valence-electron chi connectivity index (χ0n) is 12.1. The summed E-state index contributed by atoms with van der Waals surface area (Å²) in [7, 11) is 0. The van der Waals surface area contributed by atoms with Crippen molar-refractivity contribution in [2.24, 2.45) is 10.7 Å². The van der Waals surface area contributed by atoms with Gasteiger partial charge in [0.15, 0.2) is 0 Å². The fourth-order valence-electron chi connectivity index (χ4n) is 2.25. The van der Waals surface area contributed by atoms with Crippen LogP contribution < -0.4 is 5.73 Å². The molecule has 1 aromatic carbocycles. The Kier molecular flexibility index (Phi) is 3.87.